The molecule has 0 N–H and O–H groups in total. The van der Waals surface area contributed by atoms with Crippen LogP contribution in [0.5, 0.6) is 0 Å². The van der Waals surface area contributed by atoms with Gasteiger partial charge in [-0.25, -0.2) is 0 Å². The van der Waals surface area contributed by atoms with Crippen LogP contribution >= 0.6 is 46.7 Å². The number of thioether (sulfide) groups is 2. The van der Waals surface area contributed by atoms with Crippen LogP contribution in [0.4, 0.5) is 5.69 Å². The maximum Gasteiger partial charge on any atom is 0.237 e. The molecule has 0 bridgehead atoms. The van der Waals surface area contributed by atoms with E-state index in [4.69, 9.17) is 23.2 Å². The quantitative estimate of drug-likeness (QED) is 0.549. The van der Waals surface area contributed by atoms with Gasteiger partial charge in [-0.15, -0.1) is 30.1 Å². The number of aryl methyl sites for hydroxylation is 1. The number of carbonyl (C=O) groups excluding carboxylic acids is 1. The minimum absolute atomic E-state index is 0.0533. The smallest absolute Gasteiger partial charge is 0.237 e. The summed E-state index contributed by atoms with van der Waals surface area (Å²) < 4.78 is 1.74. The SMILES string of the molecule is C=CCN1C(=O)CSc2cc(Cl)c(-c3nn(C)c(SC)c3Cl)cc21. The second kappa shape index (κ2) is 7.04. The van der Waals surface area contributed by atoms with Crippen LogP contribution in [0.2, 0.25) is 10.0 Å². The summed E-state index contributed by atoms with van der Waals surface area (Å²) in [5, 5.41) is 6.51. The largest absolute Gasteiger partial charge is 0.307 e. The fraction of sp³-hybridized carbons (Fsp3) is 0.250. The van der Waals surface area contributed by atoms with Crippen molar-refractivity contribution in [2.75, 3.05) is 23.5 Å². The molecule has 2 aromatic rings. The molecule has 4 nitrogen and oxygen atoms in total. The summed E-state index contributed by atoms with van der Waals surface area (Å²) in [4.78, 5) is 14.9. The molecule has 24 heavy (non-hydrogen) atoms. The van der Waals surface area contributed by atoms with Gasteiger partial charge in [0.15, 0.2) is 0 Å². The van der Waals surface area contributed by atoms with Crippen molar-refractivity contribution in [3.8, 4) is 11.3 Å². The third-order valence-corrected chi connectivity index (χ3v) is 6.36. The first kappa shape index (κ1) is 17.7. The van der Waals surface area contributed by atoms with Gasteiger partial charge in [0.25, 0.3) is 0 Å². The van der Waals surface area contributed by atoms with Gasteiger partial charge in [0.1, 0.15) is 15.7 Å². The third kappa shape index (κ3) is 2.96. The monoisotopic (exact) mass is 399 g/mol. The van der Waals surface area contributed by atoms with Crippen molar-refractivity contribution < 1.29 is 4.79 Å². The first-order chi connectivity index (χ1) is 11.5. The number of rotatable bonds is 4. The molecule has 0 saturated carbocycles. The van der Waals surface area contributed by atoms with Gasteiger partial charge in [0.2, 0.25) is 5.91 Å². The van der Waals surface area contributed by atoms with Gasteiger partial charge in [0.05, 0.1) is 16.5 Å². The summed E-state index contributed by atoms with van der Waals surface area (Å²) >= 11 is 16.0. The van der Waals surface area contributed by atoms with Crippen LogP contribution in [0.3, 0.4) is 0 Å². The second-order valence-corrected chi connectivity index (χ2v) is 7.77. The van der Waals surface area contributed by atoms with Gasteiger partial charge in [-0.05, 0) is 18.4 Å². The Kier molecular flexibility index (Phi) is 5.20. The molecule has 1 aliphatic heterocycles. The number of fused-ring (bicyclic) bond motifs is 1. The predicted octanol–water partition coefficient (Wildman–Crippen LogP) is 4.74. The number of hydrogen-bond donors (Lipinski definition) is 0. The standard InChI is InChI=1S/C16H15Cl2N3OS2/c1-4-5-21-11-6-9(10(17)7-12(11)24-8-13(21)22)15-14(18)16(23-3)20(2)19-15/h4,6-7H,1,5,8H2,2-3H3. The van der Waals surface area contributed by atoms with E-state index in [1.54, 1.807) is 15.7 Å². The highest BCUT2D eigenvalue weighted by atomic mass is 35.5. The Hall–Kier alpha value is -1.08. The molecule has 1 amide bonds. The van der Waals surface area contributed by atoms with E-state index in [1.165, 1.54) is 23.5 Å². The molecule has 1 aromatic heterocycles. The highest BCUT2D eigenvalue weighted by Gasteiger charge is 2.27. The van der Waals surface area contributed by atoms with Crippen molar-refractivity contribution >= 4 is 58.3 Å². The molecule has 3 rings (SSSR count). The molecule has 0 fully saturated rings. The minimum atomic E-state index is 0.0533. The zero-order chi connectivity index (χ0) is 17.4. The van der Waals surface area contributed by atoms with Gasteiger partial charge in [-0.3, -0.25) is 9.48 Å². The minimum Gasteiger partial charge on any atom is -0.307 e. The molecule has 0 aliphatic carbocycles. The lowest BCUT2D eigenvalue weighted by Gasteiger charge is -2.28. The van der Waals surface area contributed by atoms with Crippen molar-refractivity contribution in [2.24, 2.45) is 7.05 Å². The average Bonchev–Trinajstić information content (AvgIpc) is 2.84. The van der Waals surface area contributed by atoms with E-state index in [2.05, 4.69) is 11.7 Å². The maximum absolute atomic E-state index is 12.2. The summed E-state index contributed by atoms with van der Waals surface area (Å²) in [5.41, 5.74) is 2.17. The van der Waals surface area contributed by atoms with E-state index < -0.39 is 0 Å². The van der Waals surface area contributed by atoms with Crippen LogP contribution in [-0.4, -0.2) is 34.2 Å². The molecule has 126 valence electrons. The summed E-state index contributed by atoms with van der Waals surface area (Å²) in [7, 11) is 1.84. The van der Waals surface area contributed by atoms with E-state index >= 15 is 0 Å². The van der Waals surface area contributed by atoms with Gasteiger partial charge < -0.3 is 4.90 Å². The normalized spacial score (nSPS) is 14.0. The first-order valence-corrected chi connectivity index (χ1v) is 10.1. The number of halogens is 2. The molecule has 1 aromatic carbocycles. The predicted molar refractivity (Wildman–Crippen MR) is 104 cm³/mol. The number of aromatic nitrogens is 2. The molecule has 8 heteroatoms. The van der Waals surface area contributed by atoms with Crippen LogP contribution in [0.25, 0.3) is 11.3 Å². The van der Waals surface area contributed by atoms with Gasteiger partial charge in [-0.2, -0.15) is 5.10 Å². The Morgan fingerprint density at radius 3 is 2.83 bits per heavy atom. The topological polar surface area (TPSA) is 38.1 Å². The van der Waals surface area contributed by atoms with E-state index in [1.807, 2.05) is 25.4 Å². The first-order valence-electron chi connectivity index (χ1n) is 7.12. The molecule has 0 spiro atoms. The lowest BCUT2D eigenvalue weighted by atomic mass is 10.1. The Balaban J connectivity index is 2.17. The summed E-state index contributed by atoms with van der Waals surface area (Å²) in [6, 6.07) is 3.77. The second-order valence-electron chi connectivity index (χ2n) is 5.18. The molecular formula is C16H15Cl2N3OS2. The summed E-state index contributed by atoms with van der Waals surface area (Å²) in [5.74, 6) is 0.454. The third-order valence-electron chi connectivity index (χ3n) is 3.69. The van der Waals surface area contributed by atoms with Crippen LogP contribution in [0.15, 0.2) is 34.7 Å². The summed E-state index contributed by atoms with van der Waals surface area (Å²) in [6.07, 6.45) is 3.66. The Labute approximate surface area is 159 Å². The lowest BCUT2D eigenvalue weighted by Crippen LogP contribution is -2.35. The maximum atomic E-state index is 12.2. The highest BCUT2D eigenvalue weighted by Crippen LogP contribution is 2.44. The number of carbonyl (C=O) groups is 1. The zero-order valence-corrected chi connectivity index (χ0v) is 16.3. The fourth-order valence-electron chi connectivity index (χ4n) is 2.61. The fourth-order valence-corrected chi connectivity index (χ4v) is 4.95. The zero-order valence-electron chi connectivity index (χ0n) is 13.2. The van der Waals surface area contributed by atoms with Crippen molar-refractivity contribution in [1.82, 2.24) is 9.78 Å². The molecule has 0 radical (unpaired) electrons. The number of anilines is 1. The molecule has 0 saturated heterocycles. The number of benzene rings is 1. The van der Waals surface area contributed by atoms with E-state index in [0.717, 1.165) is 21.2 Å². The Morgan fingerprint density at radius 2 is 2.21 bits per heavy atom. The van der Waals surface area contributed by atoms with Gasteiger partial charge >= 0.3 is 0 Å². The molecule has 0 unspecified atom stereocenters. The Morgan fingerprint density at radius 1 is 1.46 bits per heavy atom. The van der Waals surface area contributed by atoms with E-state index in [9.17, 15) is 4.79 Å². The summed E-state index contributed by atoms with van der Waals surface area (Å²) in [6.45, 7) is 4.19. The number of nitrogens with zero attached hydrogens (tertiary/aromatic N) is 3. The van der Waals surface area contributed by atoms with E-state index in [0.29, 0.717) is 28.0 Å². The Bertz CT molecular complexity index is 835. The van der Waals surface area contributed by atoms with Crippen molar-refractivity contribution in [2.45, 2.75) is 9.92 Å². The van der Waals surface area contributed by atoms with Crippen LogP contribution < -0.4 is 4.90 Å². The van der Waals surface area contributed by atoms with Gasteiger partial charge in [-0.1, -0.05) is 29.3 Å². The number of hydrogen-bond acceptors (Lipinski definition) is 4. The lowest BCUT2D eigenvalue weighted by molar-refractivity contribution is -0.116. The van der Waals surface area contributed by atoms with Crippen LogP contribution in [0, 0.1) is 0 Å². The van der Waals surface area contributed by atoms with E-state index in [-0.39, 0.29) is 5.91 Å². The highest BCUT2D eigenvalue weighted by molar-refractivity contribution is 8.00. The molecule has 0 atom stereocenters. The molecular weight excluding hydrogens is 385 g/mol. The molecule has 1 aliphatic rings. The number of amides is 1. The van der Waals surface area contributed by atoms with Gasteiger partial charge in [0, 0.05) is 24.1 Å². The molecule has 2 heterocycles. The average molecular weight is 400 g/mol. The van der Waals surface area contributed by atoms with Crippen LogP contribution in [0.1, 0.15) is 0 Å². The van der Waals surface area contributed by atoms with Crippen LogP contribution in [-0.2, 0) is 11.8 Å². The van der Waals surface area contributed by atoms with Crippen molar-refractivity contribution in [3.05, 3.63) is 34.8 Å². The van der Waals surface area contributed by atoms with Crippen molar-refractivity contribution in [3.63, 3.8) is 0 Å². The van der Waals surface area contributed by atoms with Crippen molar-refractivity contribution in [1.29, 1.82) is 0 Å².